The Kier molecular flexibility index (Phi) is 6.84. The molecule has 1 aromatic heterocycles. The lowest BCUT2D eigenvalue weighted by Gasteiger charge is -1.79. The Morgan fingerprint density at radius 3 is 2.00 bits per heavy atom. The van der Waals surface area contributed by atoms with Crippen LogP contribution in [0.1, 0.15) is 19.8 Å². The van der Waals surface area contributed by atoms with Crippen LogP contribution in [-0.4, -0.2) is 16.1 Å². The molecule has 0 aliphatic rings. The molecule has 3 heteroatoms. The molecule has 0 saturated carbocycles. The first-order valence-corrected chi connectivity index (χ1v) is 3.84. The van der Waals surface area contributed by atoms with Gasteiger partial charge in [-0.25, -0.2) is 0 Å². The van der Waals surface area contributed by atoms with Crippen LogP contribution in [0, 0.1) is 0 Å². The molecule has 0 atom stereocenters. The summed E-state index contributed by atoms with van der Waals surface area (Å²) in [6, 6.07) is 5.72. The van der Waals surface area contributed by atoms with Crippen LogP contribution in [0.15, 0.2) is 30.6 Å². The number of carboxylic acid groups (broad SMARTS) is 1. The maximum atomic E-state index is 9.60. The van der Waals surface area contributed by atoms with Gasteiger partial charge in [-0.1, -0.05) is 13.0 Å². The highest BCUT2D eigenvalue weighted by Crippen LogP contribution is 1.82. The first-order chi connectivity index (χ1) is 5.77. The quantitative estimate of drug-likeness (QED) is 0.732. The number of aliphatic carboxylic acids is 1. The fourth-order valence-electron chi connectivity index (χ4n) is 0.526. The molecule has 3 nitrogen and oxygen atoms in total. The van der Waals surface area contributed by atoms with Gasteiger partial charge in [-0.05, 0) is 18.6 Å². The van der Waals surface area contributed by atoms with E-state index in [2.05, 4.69) is 4.98 Å². The fourth-order valence-corrected chi connectivity index (χ4v) is 0.526. The minimum Gasteiger partial charge on any atom is -0.481 e. The van der Waals surface area contributed by atoms with Crippen LogP contribution in [0.2, 0.25) is 0 Å². The summed E-state index contributed by atoms with van der Waals surface area (Å²) >= 11 is 0. The summed E-state index contributed by atoms with van der Waals surface area (Å²) in [6.07, 6.45) is 4.52. The monoisotopic (exact) mass is 167 g/mol. The van der Waals surface area contributed by atoms with Crippen LogP contribution >= 0.6 is 0 Å². The zero-order valence-corrected chi connectivity index (χ0v) is 7.10. The predicted octanol–water partition coefficient (Wildman–Crippen LogP) is 1.95. The molecular formula is C9H13NO2. The lowest BCUT2D eigenvalue weighted by Crippen LogP contribution is -1.90. The van der Waals surface area contributed by atoms with Crippen molar-refractivity contribution in [2.75, 3.05) is 0 Å². The first-order valence-electron chi connectivity index (χ1n) is 3.84. The maximum Gasteiger partial charge on any atom is 0.303 e. The van der Waals surface area contributed by atoms with E-state index >= 15 is 0 Å². The molecule has 0 bridgehead atoms. The van der Waals surface area contributed by atoms with Crippen LogP contribution in [-0.2, 0) is 4.79 Å². The smallest absolute Gasteiger partial charge is 0.303 e. The number of hydrogen-bond acceptors (Lipinski definition) is 2. The van der Waals surface area contributed by atoms with Crippen LogP contribution in [0.3, 0.4) is 0 Å². The zero-order chi connectivity index (χ0) is 9.23. The number of carboxylic acids is 1. The van der Waals surface area contributed by atoms with Crippen molar-refractivity contribution in [1.29, 1.82) is 0 Å². The average molecular weight is 167 g/mol. The van der Waals surface area contributed by atoms with Crippen molar-refractivity contribution >= 4 is 5.97 Å². The summed E-state index contributed by atoms with van der Waals surface area (Å²) in [5.74, 6) is -0.711. The second-order valence-electron chi connectivity index (χ2n) is 2.17. The van der Waals surface area contributed by atoms with Gasteiger partial charge in [0.25, 0.3) is 0 Å². The summed E-state index contributed by atoms with van der Waals surface area (Å²) in [4.78, 5) is 13.4. The average Bonchev–Trinajstić information content (AvgIpc) is 2.08. The highest BCUT2D eigenvalue weighted by Gasteiger charge is 1.87. The molecule has 12 heavy (non-hydrogen) atoms. The Balaban J connectivity index is 0.000000202. The summed E-state index contributed by atoms with van der Waals surface area (Å²) in [5.41, 5.74) is 0. The third-order valence-corrected chi connectivity index (χ3v) is 1.03. The van der Waals surface area contributed by atoms with Crippen molar-refractivity contribution in [3.05, 3.63) is 30.6 Å². The third kappa shape index (κ3) is 8.62. The number of rotatable bonds is 2. The second-order valence-corrected chi connectivity index (χ2v) is 2.17. The fraction of sp³-hybridized carbons (Fsp3) is 0.333. The SMILES string of the molecule is CCCC(=O)O.c1ccncc1. The van der Waals surface area contributed by atoms with Gasteiger partial charge in [0, 0.05) is 18.8 Å². The van der Waals surface area contributed by atoms with E-state index in [9.17, 15) is 4.79 Å². The van der Waals surface area contributed by atoms with Gasteiger partial charge < -0.3 is 5.11 Å². The highest BCUT2D eigenvalue weighted by molar-refractivity contribution is 5.66. The number of pyridine rings is 1. The van der Waals surface area contributed by atoms with Crippen molar-refractivity contribution < 1.29 is 9.90 Å². The van der Waals surface area contributed by atoms with Gasteiger partial charge in [-0.2, -0.15) is 0 Å². The minimum atomic E-state index is -0.711. The Bertz CT molecular complexity index is 172. The molecule has 0 amide bonds. The van der Waals surface area contributed by atoms with Gasteiger partial charge in [0.15, 0.2) is 0 Å². The van der Waals surface area contributed by atoms with Crippen molar-refractivity contribution in [3.8, 4) is 0 Å². The maximum absolute atomic E-state index is 9.60. The minimum absolute atomic E-state index is 0.292. The van der Waals surface area contributed by atoms with Crippen LogP contribution in [0.4, 0.5) is 0 Å². The summed E-state index contributed by atoms with van der Waals surface area (Å²) in [5, 5.41) is 7.91. The molecule has 0 aliphatic heterocycles. The topological polar surface area (TPSA) is 50.2 Å². The number of aromatic nitrogens is 1. The van der Waals surface area contributed by atoms with E-state index in [4.69, 9.17) is 5.11 Å². The Morgan fingerprint density at radius 1 is 1.33 bits per heavy atom. The molecule has 0 aliphatic carbocycles. The molecule has 66 valence electrons. The predicted molar refractivity (Wildman–Crippen MR) is 46.8 cm³/mol. The molecule has 1 aromatic rings. The van der Waals surface area contributed by atoms with Gasteiger partial charge in [-0.15, -0.1) is 0 Å². The summed E-state index contributed by atoms with van der Waals surface area (Å²) in [6.45, 7) is 1.84. The second kappa shape index (κ2) is 7.72. The molecule has 0 fully saturated rings. The molecule has 1 heterocycles. The number of nitrogens with zero attached hydrogens (tertiary/aromatic N) is 1. The molecule has 0 radical (unpaired) electrons. The first kappa shape index (κ1) is 10.6. The van der Waals surface area contributed by atoms with Crippen LogP contribution < -0.4 is 0 Å². The normalized spacial score (nSPS) is 8.08. The van der Waals surface area contributed by atoms with Crippen molar-refractivity contribution in [3.63, 3.8) is 0 Å². The van der Waals surface area contributed by atoms with Gasteiger partial charge in [-0.3, -0.25) is 9.78 Å². The van der Waals surface area contributed by atoms with Crippen molar-refractivity contribution in [1.82, 2.24) is 4.98 Å². The van der Waals surface area contributed by atoms with Crippen LogP contribution in [0.5, 0.6) is 0 Å². The molecular weight excluding hydrogens is 154 g/mol. The van der Waals surface area contributed by atoms with E-state index in [-0.39, 0.29) is 0 Å². The molecule has 0 spiro atoms. The lowest BCUT2D eigenvalue weighted by atomic mass is 10.4. The Morgan fingerprint density at radius 2 is 1.92 bits per heavy atom. The van der Waals surface area contributed by atoms with E-state index < -0.39 is 5.97 Å². The molecule has 0 saturated heterocycles. The number of hydrogen-bond donors (Lipinski definition) is 1. The van der Waals surface area contributed by atoms with Gasteiger partial charge in [0.1, 0.15) is 0 Å². The molecule has 1 N–H and O–H groups in total. The molecule has 1 rings (SSSR count). The largest absolute Gasteiger partial charge is 0.481 e. The van der Waals surface area contributed by atoms with Gasteiger partial charge in [0.2, 0.25) is 0 Å². The van der Waals surface area contributed by atoms with E-state index in [1.54, 1.807) is 12.4 Å². The van der Waals surface area contributed by atoms with E-state index in [1.165, 1.54) is 0 Å². The molecule has 0 aromatic carbocycles. The summed E-state index contributed by atoms with van der Waals surface area (Å²) < 4.78 is 0. The van der Waals surface area contributed by atoms with E-state index in [1.807, 2.05) is 25.1 Å². The Hall–Kier alpha value is -1.38. The van der Waals surface area contributed by atoms with E-state index in [0.29, 0.717) is 6.42 Å². The van der Waals surface area contributed by atoms with Gasteiger partial charge >= 0.3 is 5.97 Å². The Labute approximate surface area is 72.1 Å². The van der Waals surface area contributed by atoms with Crippen molar-refractivity contribution in [2.45, 2.75) is 19.8 Å². The third-order valence-electron chi connectivity index (χ3n) is 1.03. The van der Waals surface area contributed by atoms with E-state index in [0.717, 1.165) is 6.42 Å². The highest BCUT2D eigenvalue weighted by atomic mass is 16.4. The molecule has 0 unspecified atom stereocenters. The lowest BCUT2D eigenvalue weighted by molar-refractivity contribution is -0.137. The standard InChI is InChI=1S/C5H5N.C4H8O2/c1-2-4-6-5-3-1;1-2-3-4(5)6/h1-5H;2-3H2,1H3,(H,5,6). The van der Waals surface area contributed by atoms with Crippen LogP contribution in [0.25, 0.3) is 0 Å². The van der Waals surface area contributed by atoms with Gasteiger partial charge in [0.05, 0.1) is 0 Å². The zero-order valence-electron chi connectivity index (χ0n) is 7.10. The number of carbonyl (C=O) groups is 1. The van der Waals surface area contributed by atoms with Crippen molar-refractivity contribution in [2.24, 2.45) is 0 Å². The summed E-state index contributed by atoms with van der Waals surface area (Å²) in [7, 11) is 0.